The SMILES string of the molecule is COc1ccc([C@@H]([C@@H](C)NC(=O)C(C)(F)F)n2ncc3cc(-c4cn[nH]c4)ccc32)cc1. The van der Waals surface area contributed by atoms with Gasteiger partial charge in [-0.15, -0.1) is 0 Å². The lowest BCUT2D eigenvalue weighted by Crippen LogP contribution is -2.46. The molecule has 4 aromatic rings. The number of halogens is 2. The molecule has 0 radical (unpaired) electrons. The summed E-state index contributed by atoms with van der Waals surface area (Å²) in [5.41, 5.74) is 3.51. The van der Waals surface area contributed by atoms with Crippen molar-refractivity contribution in [2.45, 2.75) is 31.9 Å². The number of fused-ring (bicyclic) bond motifs is 1. The van der Waals surface area contributed by atoms with Crippen molar-refractivity contribution in [1.29, 1.82) is 0 Å². The average Bonchev–Trinajstić information content (AvgIpc) is 3.44. The van der Waals surface area contributed by atoms with E-state index in [0.717, 1.165) is 27.6 Å². The van der Waals surface area contributed by atoms with E-state index in [2.05, 4.69) is 20.6 Å². The molecule has 7 nitrogen and oxygen atoms in total. The van der Waals surface area contributed by atoms with Crippen LogP contribution in [0.25, 0.3) is 22.0 Å². The minimum Gasteiger partial charge on any atom is -0.497 e. The zero-order valence-electron chi connectivity index (χ0n) is 17.8. The van der Waals surface area contributed by atoms with E-state index in [-0.39, 0.29) is 0 Å². The standard InChI is InChI=1S/C23H23F2N5O2/c1-14(29-22(31)23(2,24)25)21(15-4-7-19(32-3)8-5-15)30-20-9-6-16(10-17(20)13-28-30)18-11-26-27-12-18/h4-14,21H,1-3H3,(H,26,27)(H,29,31)/t14-,21-/m1/s1. The number of hydrogen-bond acceptors (Lipinski definition) is 4. The Hall–Kier alpha value is -3.75. The number of methoxy groups -OCH3 is 1. The van der Waals surface area contributed by atoms with Gasteiger partial charge in [0, 0.05) is 24.1 Å². The second-order valence-corrected chi connectivity index (χ2v) is 7.72. The molecule has 0 bridgehead atoms. The molecule has 0 fully saturated rings. The van der Waals surface area contributed by atoms with Crippen molar-refractivity contribution in [2.75, 3.05) is 7.11 Å². The van der Waals surface area contributed by atoms with Gasteiger partial charge in [-0.25, -0.2) is 0 Å². The topological polar surface area (TPSA) is 84.8 Å². The van der Waals surface area contributed by atoms with Gasteiger partial charge in [0.25, 0.3) is 5.91 Å². The number of carbonyl (C=O) groups excluding carboxylic acids is 1. The Bertz CT molecular complexity index is 1210. The van der Waals surface area contributed by atoms with Gasteiger partial charge in [-0.05, 0) is 42.3 Å². The average molecular weight is 439 g/mol. The summed E-state index contributed by atoms with van der Waals surface area (Å²) in [5, 5.41) is 14.6. The Morgan fingerprint density at radius 3 is 2.53 bits per heavy atom. The fraction of sp³-hybridized carbons (Fsp3) is 0.261. The van der Waals surface area contributed by atoms with E-state index in [1.54, 1.807) is 49.4 Å². The van der Waals surface area contributed by atoms with Crippen molar-refractivity contribution >= 4 is 16.8 Å². The van der Waals surface area contributed by atoms with Crippen molar-refractivity contribution < 1.29 is 18.3 Å². The van der Waals surface area contributed by atoms with Gasteiger partial charge in [-0.1, -0.05) is 18.2 Å². The number of ether oxygens (including phenoxy) is 1. The number of aromatic nitrogens is 4. The maximum Gasteiger partial charge on any atom is 0.321 e. The smallest absolute Gasteiger partial charge is 0.321 e. The number of amides is 1. The van der Waals surface area contributed by atoms with Gasteiger partial charge in [0.05, 0.1) is 37.1 Å². The summed E-state index contributed by atoms with van der Waals surface area (Å²) in [6.45, 7) is 2.27. The van der Waals surface area contributed by atoms with Crippen LogP contribution < -0.4 is 10.1 Å². The molecule has 9 heteroatoms. The minimum atomic E-state index is -3.48. The molecule has 2 N–H and O–H groups in total. The lowest BCUT2D eigenvalue weighted by Gasteiger charge is -2.27. The molecule has 2 atom stereocenters. The molecular weight excluding hydrogens is 416 g/mol. The normalized spacial score (nSPS) is 13.7. The summed E-state index contributed by atoms with van der Waals surface area (Å²) in [5.74, 6) is -4.15. The monoisotopic (exact) mass is 439 g/mol. The molecule has 2 aromatic carbocycles. The maximum absolute atomic E-state index is 13.6. The highest BCUT2D eigenvalue weighted by atomic mass is 19.3. The van der Waals surface area contributed by atoms with E-state index in [0.29, 0.717) is 12.7 Å². The van der Waals surface area contributed by atoms with Gasteiger partial charge in [0.15, 0.2) is 0 Å². The van der Waals surface area contributed by atoms with Crippen LogP contribution in [0.4, 0.5) is 8.78 Å². The van der Waals surface area contributed by atoms with Gasteiger partial charge in [0.2, 0.25) is 0 Å². The Morgan fingerprint density at radius 1 is 1.16 bits per heavy atom. The molecule has 2 aromatic heterocycles. The quantitative estimate of drug-likeness (QED) is 0.452. The van der Waals surface area contributed by atoms with Gasteiger partial charge in [-0.3, -0.25) is 14.6 Å². The number of alkyl halides is 2. The zero-order valence-corrected chi connectivity index (χ0v) is 17.8. The van der Waals surface area contributed by atoms with Crippen molar-refractivity contribution in [3.05, 3.63) is 66.6 Å². The Balaban J connectivity index is 1.76. The molecule has 0 aliphatic carbocycles. The summed E-state index contributed by atoms with van der Waals surface area (Å²) in [6.07, 6.45) is 5.25. The second-order valence-electron chi connectivity index (χ2n) is 7.72. The molecule has 0 unspecified atom stereocenters. The summed E-state index contributed by atoms with van der Waals surface area (Å²) in [6, 6.07) is 11.9. The molecule has 0 saturated heterocycles. The molecule has 0 aliphatic heterocycles. The Morgan fingerprint density at radius 2 is 1.91 bits per heavy atom. The van der Waals surface area contributed by atoms with Crippen molar-refractivity contribution in [1.82, 2.24) is 25.3 Å². The third-order valence-electron chi connectivity index (χ3n) is 5.38. The predicted octanol–water partition coefficient (Wildman–Crippen LogP) is 4.18. The number of nitrogens with zero attached hydrogens (tertiary/aromatic N) is 3. The van der Waals surface area contributed by atoms with Gasteiger partial charge >= 0.3 is 5.92 Å². The molecule has 0 aliphatic rings. The number of carbonyl (C=O) groups is 1. The lowest BCUT2D eigenvalue weighted by atomic mass is 9.99. The maximum atomic E-state index is 13.6. The first kappa shape index (κ1) is 21.5. The largest absolute Gasteiger partial charge is 0.497 e. The Kier molecular flexibility index (Phi) is 5.65. The van der Waals surface area contributed by atoms with E-state index < -0.39 is 23.9 Å². The fourth-order valence-corrected chi connectivity index (χ4v) is 3.72. The zero-order chi connectivity index (χ0) is 22.9. The van der Waals surface area contributed by atoms with Crippen LogP contribution in [0.3, 0.4) is 0 Å². The first-order valence-corrected chi connectivity index (χ1v) is 10.1. The van der Waals surface area contributed by atoms with Crippen LogP contribution in [-0.4, -0.2) is 45.0 Å². The number of nitrogens with one attached hydrogen (secondary N) is 2. The summed E-state index contributed by atoms with van der Waals surface area (Å²) in [4.78, 5) is 12.0. The van der Waals surface area contributed by atoms with E-state index >= 15 is 0 Å². The van der Waals surface area contributed by atoms with Crippen molar-refractivity contribution in [3.63, 3.8) is 0 Å². The first-order chi connectivity index (χ1) is 15.3. The van der Waals surface area contributed by atoms with Crippen LogP contribution in [0.5, 0.6) is 5.75 Å². The van der Waals surface area contributed by atoms with Gasteiger partial charge < -0.3 is 10.1 Å². The van der Waals surface area contributed by atoms with Crippen LogP contribution in [0.15, 0.2) is 61.1 Å². The predicted molar refractivity (Wildman–Crippen MR) is 117 cm³/mol. The highest BCUT2D eigenvalue weighted by Crippen LogP contribution is 2.30. The van der Waals surface area contributed by atoms with E-state index in [1.165, 1.54) is 0 Å². The van der Waals surface area contributed by atoms with Gasteiger partial charge in [-0.2, -0.15) is 19.0 Å². The molecule has 2 heterocycles. The third kappa shape index (κ3) is 4.18. The highest BCUT2D eigenvalue weighted by molar-refractivity contribution is 5.85. The molecule has 32 heavy (non-hydrogen) atoms. The third-order valence-corrected chi connectivity index (χ3v) is 5.38. The van der Waals surface area contributed by atoms with Crippen LogP contribution in [0, 0.1) is 0 Å². The summed E-state index contributed by atoms with van der Waals surface area (Å²) in [7, 11) is 1.57. The lowest BCUT2D eigenvalue weighted by molar-refractivity contribution is -0.143. The summed E-state index contributed by atoms with van der Waals surface area (Å²) < 4.78 is 34.1. The minimum absolute atomic E-state index is 0.524. The number of rotatable bonds is 7. The molecule has 0 saturated carbocycles. The van der Waals surface area contributed by atoms with Crippen LogP contribution in [0.2, 0.25) is 0 Å². The Labute approximate surface area is 183 Å². The number of hydrogen-bond donors (Lipinski definition) is 2. The van der Waals surface area contributed by atoms with E-state index in [4.69, 9.17) is 4.74 Å². The highest BCUT2D eigenvalue weighted by Gasteiger charge is 2.35. The number of H-pyrrole nitrogens is 1. The first-order valence-electron chi connectivity index (χ1n) is 10.1. The fourth-order valence-electron chi connectivity index (χ4n) is 3.72. The molecule has 1 amide bonds. The summed E-state index contributed by atoms with van der Waals surface area (Å²) >= 11 is 0. The number of benzene rings is 2. The molecular formula is C23H23F2N5O2. The van der Waals surface area contributed by atoms with Crippen molar-refractivity contribution in [3.8, 4) is 16.9 Å². The van der Waals surface area contributed by atoms with Crippen LogP contribution in [0.1, 0.15) is 25.5 Å². The van der Waals surface area contributed by atoms with Gasteiger partial charge in [0.1, 0.15) is 5.75 Å². The molecule has 4 rings (SSSR count). The molecule has 0 spiro atoms. The van der Waals surface area contributed by atoms with Crippen LogP contribution in [-0.2, 0) is 4.79 Å². The van der Waals surface area contributed by atoms with Crippen molar-refractivity contribution in [2.24, 2.45) is 0 Å². The van der Waals surface area contributed by atoms with Crippen LogP contribution >= 0.6 is 0 Å². The number of aromatic amines is 1. The molecule has 166 valence electrons. The second kappa shape index (κ2) is 8.41. The van der Waals surface area contributed by atoms with E-state index in [1.807, 2.05) is 30.3 Å². The van der Waals surface area contributed by atoms with E-state index in [9.17, 15) is 13.6 Å².